The minimum atomic E-state index is -0.371. The molecule has 3 aromatic rings. The minimum Gasteiger partial charge on any atom is -0.463 e. The molecular formula is C22H23NO2. The lowest BCUT2D eigenvalue weighted by atomic mass is 9.96. The van der Waals surface area contributed by atoms with E-state index in [9.17, 15) is 4.79 Å². The van der Waals surface area contributed by atoms with Crippen LogP contribution in [0, 0.1) is 0 Å². The number of hydrogen-bond donors (Lipinski definition) is 0. The van der Waals surface area contributed by atoms with Crippen molar-refractivity contribution in [3.8, 4) is 0 Å². The molecule has 0 spiro atoms. The van der Waals surface area contributed by atoms with Gasteiger partial charge in [0.1, 0.15) is 0 Å². The molecule has 0 aliphatic heterocycles. The molecule has 3 rings (SSSR count). The maximum Gasteiger partial charge on any atom is 0.331 e. The van der Waals surface area contributed by atoms with Gasteiger partial charge in [-0.15, -0.1) is 0 Å². The topological polar surface area (TPSA) is 39.2 Å². The first kappa shape index (κ1) is 16.9. The fourth-order valence-corrected chi connectivity index (χ4v) is 2.44. The molecule has 0 aliphatic carbocycles. The van der Waals surface area contributed by atoms with Gasteiger partial charge in [0.2, 0.25) is 0 Å². The molecule has 128 valence electrons. The zero-order chi connectivity index (χ0) is 18.9. The van der Waals surface area contributed by atoms with E-state index in [0.29, 0.717) is 12.6 Å². The van der Waals surface area contributed by atoms with Gasteiger partial charge in [0.05, 0.1) is 13.5 Å². The molecule has 0 saturated heterocycles. The van der Waals surface area contributed by atoms with Gasteiger partial charge >= 0.3 is 5.97 Å². The second-order valence-corrected chi connectivity index (χ2v) is 5.02. The number of aromatic nitrogens is 1. The molecule has 0 saturated carbocycles. The summed E-state index contributed by atoms with van der Waals surface area (Å²) in [6, 6.07) is 17.6. The third-order valence-electron chi connectivity index (χ3n) is 3.49. The number of ether oxygens (including phenoxy) is 1. The van der Waals surface area contributed by atoms with Crippen molar-refractivity contribution in [2.45, 2.75) is 20.8 Å². The van der Waals surface area contributed by atoms with Crippen LogP contribution in [-0.4, -0.2) is 17.6 Å². The number of rotatable bonds is 4. The third-order valence-corrected chi connectivity index (χ3v) is 3.49. The lowest BCUT2D eigenvalue weighted by Gasteiger charge is -2.09. The average Bonchev–Trinajstić information content (AvgIpc) is 2.68. The molecule has 0 fully saturated rings. The van der Waals surface area contributed by atoms with E-state index in [-0.39, 0.29) is 5.97 Å². The molecule has 25 heavy (non-hydrogen) atoms. The van der Waals surface area contributed by atoms with Crippen molar-refractivity contribution in [2.75, 3.05) is 6.61 Å². The lowest BCUT2D eigenvalue weighted by Crippen LogP contribution is -2.02. The number of benzene rings is 2. The Labute approximate surface area is 150 Å². The summed E-state index contributed by atoms with van der Waals surface area (Å²) in [7, 11) is 0. The van der Waals surface area contributed by atoms with E-state index in [4.69, 9.17) is 6.11 Å². The van der Waals surface area contributed by atoms with Gasteiger partial charge < -0.3 is 4.74 Å². The number of esters is 1. The van der Waals surface area contributed by atoms with Gasteiger partial charge in [-0.25, -0.2) is 4.79 Å². The Morgan fingerprint density at radius 1 is 1.12 bits per heavy atom. The molecule has 0 unspecified atom stereocenters. The predicted octanol–water partition coefficient (Wildman–Crippen LogP) is 5.26. The SMILES string of the molecule is CC.[2H]c1cnc2ccc(C(=CC(=O)OCC)c3ccccc3)cc2c1. The van der Waals surface area contributed by atoms with Crippen LogP contribution in [0.4, 0.5) is 0 Å². The van der Waals surface area contributed by atoms with Gasteiger partial charge in [0, 0.05) is 17.7 Å². The Kier molecular flexibility index (Phi) is 6.34. The molecule has 0 atom stereocenters. The highest BCUT2D eigenvalue weighted by Gasteiger charge is 2.09. The summed E-state index contributed by atoms with van der Waals surface area (Å²) < 4.78 is 12.8. The maximum atomic E-state index is 12.0. The van der Waals surface area contributed by atoms with Crippen LogP contribution in [0.15, 0.2) is 72.9 Å². The second-order valence-electron chi connectivity index (χ2n) is 5.02. The van der Waals surface area contributed by atoms with Crippen molar-refractivity contribution in [3.63, 3.8) is 0 Å². The summed E-state index contributed by atoms with van der Waals surface area (Å²) in [6.45, 7) is 6.12. The summed E-state index contributed by atoms with van der Waals surface area (Å²) in [4.78, 5) is 16.2. The number of hydrogen-bond acceptors (Lipinski definition) is 3. The largest absolute Gasteiger partial charge is 0.463 e. The van der Waals surface area contributed by atoms with Crippen molar-refractivity contribution < 1.29 is 10.9 Å². The van der Waals surface area contributed by atoms with Crippen LogP contribution in [0.2, 0.25) is 0 Å². The van der Waals surface area contributed by atoms with Crippen molar-refractivity contribution >= 4 is 22.4 Å². The van der Waals surface area contributed by atoms with E-state index in [1.54, 1.807) is 13.0 Å². The fraction of sp³-hybridized carbons (Fsp3) is 0.182. The fourth-order valence-electron chi connectivity index (χ4n) is 2.44. The molecule has 3 heteroatoms. The van der Waals surface area contributed by atoms with Gasteiger partial charge in [-0.2, -0.15) is 0 Å². The van der Waals surface area contributed by atoms with Gasteiger partial charge in [-0.3, -0.25) is 4.98 Å². The molecule has 1 heterocycles. The highest BCUT2D eigenvalue weighted by atomic mass is 16.5. The van der Waals surface area contributed by atoms with Crippen LogP contribution in [0.5, 0.6) is 0 Å². The minimum absolute atomic E-state index is 0.335. The summed E-state index contributed by atoms with van der Waals surface area (Å²) in [6.07, 6.45) is 3.03. The molecule has 1 aromatic heterocycles. The van der Waals surface area contributed by atoms with Crippen LogP contribution >= 0.6 is 0 Å². The molecule has 0 aliphatic rings. The first-order valence-electron chi connectivity index (χ1n) is 8.98. The summed E-state index contributed by atoms with van der Waals surface area (Å²) in [5, 5.41) is 0.866. The zero-order valence-electron chi connectivity index (χ0n) is 15.8. The predicted molar refractivity (Wildman–Crippen MR) is 103 cm³/mol. The van der Waals surface area contributed by atoms with Crippen molar-refractivity contribution in [1.29, 1.82) is 0 Å². The van der Waals surface area contributed by atoms with Gasteiger partial charge in [0.25, 0.3) is 0 Å². The van der Waals surface area contributed by atoms with Crippen LogP contribution in [0.1, 0.15) is 33.3 Å². The normalized spacial score (nSPS) is 11.3. The zero-order valence-corrected chi connectivity index (χ0v) is 14.8. The van der Waals surface area contributed by atoms with Gasteiger partial charge in [-0.05, 0) is 41.8 Å². The van der Waals surface area contributed by atoms with Crippen molar-refractivity contribution in [2.24, 2.45) is 0 Å². The van der Waals surface area contributed by atoms with E-state index >= 15 is 0 Å². The number of carbonyl (C=O) groups is 1. The molecule has 0 bridgehead atoms. The second kappa shape index (κ2) is 9.38. The smallest absolute Gasteiger partial charge is 0.331 e. The number of fused-ring (bicyclic) bond motifs is 1. The Morgan fingerprint density at radius 3 is 2.60 bits per heavy atom. The summed E-state index contributed by atoms with van der Waals surface area (Å²) in [5.41, 5.74) is 3.42. The first-order chi connectivity index (χ1) is 12.7. The quantitative estimate of drug-likeness (QED) is 0.483. The van der Waals surface area contributed by atoms with Crippen LogP contribution in [0.25, 0.3) is 16.5 Å². The number of pyridine rings is 1. The molecule has 0 N–H and O–H groups in total. The molecular weight excluding hydrogens is 310 g/mol. The Bertz CT molecular complexity index is 904. The number of nitrogens with zero attached hydrogens (tertiary/aromatic N) is 1. The monoisotopic (exact) mass is 334 g/mol. The van der Waals surface area contributed by atoms with E-state index in [0.717, 1.165) is 27.6 Å². The van der Waals surface area contributed by atoms with E-state index in [1.807, 2.05) is 62.4 Å². The first-order valence-corrected chi connectivity index (χ1v) is 8.48. The lowest BCUT2D eigenvalue weighted by molar-refractivity contribution is -0.137. The molecule has 2 aromatic carbocycles. The Hall–Kier alpha value is -2.94. The average molecular weight is 334 g/mol. The Balaban J connectivity index is 0.00000117. The van der Waals surface area contributed by atoms with Crippen LogP contribution in [0.3, 0.4) is 0 Å². The van der Waals surface area contributed by atoms with E-state index in [2.05, 4.69) is 4.98 Å². The highest BCUT2D eigenvalue weighted by Crippen LogP contribution is 2.26. The van der Waals surface area contributed by atoms with E-state index in [1.165, 1.54) is 12.3 Å². The van der Waals surface area contributed by atoms with Crippen molar-refractivity contribution in [1.82, 2.24) is 4.98 Å². The molecule has 0 radical (unpaired) electrons. The van der Waals surface area contributed by atoms with Gasteiger partial charge in [0.15, 0.2) is 0 Å². The summed E-state index contributed by atoms with van der Waals surface area (Å²) >= 11 is 0. The third kappa shape index (κ3) is 4.77. The van der Waals surface area contributed by atoms with Crippen LogP contribution < -0.4 is 0 Å². The van der Waals surface area contributed by atoms with Crippen LogP contribution in [-0.2, 0) is 9.53 Å². The van der Waals surface area contributed by atoms with E-state index < -0.39 is 0 Å². The maximum absolute atomic E-state index is 12.0. The Morgan fingerprint density at radius 2 is 1.88 bits per heavy atom. The molecule has 0 amide bonds. The van der Waals surface area contributed by atoms with Gasteiger partial charge in [-0.1, -0.05) is 56.3 Å². The standard InChI is InChI=1S/C20H17NO2.C2H6/c1-2-23-20(22)14-18(15-7-4-3-5-8-15)16-10-11-19-17(13-16)9-6-12-21-19;1-2/h3-14H,2H2,1H3;1-2H3/i6D;. The highest BCUT2D eigenvalue weighted by molar-refractivity contribution is 5.97. The number of carbonyl (C=O) groups excluding carboxylic acids is 1. The molecule has 3 nitrogen and oxygen atoms in total. The summed E-state index contributed by atoms with van der Waals surface area (Å²) in [5.74, 6) is -0.371. The van der Waals surface area contributed by atoms with Crippen molar-refractivity contribution in [3.05, 3.63) is 84.0 Å².